The summed E-state index contributed by atoms with van der Waals surface area (Å²) in [5, 5.41) is 7.79. The van der Waals surface area contributed by atoms with Crippen LogP contribution in [0, 0.1) is 0 Å². The number of rotatable bonds is 5. The van der Waals surface area contributed by atoms with E-state index in [0.29, 0.717) is 0 Å². The Morgan fingerprint density at radius 2 is 1.96 bits per heavy atom. The van der Waals surface area contributed by atoms with Gasteiger partial charge in [0.05, 0.1) is 23.3 Å². The lowest BCUT2D eigenvalue weighted by Crippen LogP contribution is -2.56. The number of nitrogens with zero attached hydrogens (tertiary/aromatic N) is 4. The van der Waals surface area contributed by atoms with Crippen molar-refractivity contribution < 1.29 is 0 Å². The van der Waals surface area contributed by atoms with Gasteiger partial charge in [-0.25, -0.2) is 4.98 Å². The minimum Gasteiger partial charge on any atom is -0.348 e. The van der Waals surface area contributed by atoms with Gasteiger partial charge in [-0.3, -0.25) is 14.9 Å². The van der Waals surface area contributed by atoms with Gasteiger partial charge >= 0.3 is 0 Å². The predicted molar refractivity (Wildman–Crippen MR) is 112 cm³/mol. The van der Waals surface area contributed by atoms with Crippen LogP contribution in [0.3, 0.4) is 0 Å². The highest BCUT2D eigenvalue weighted by atomic mass is 15.3. The predicted octanol–water partition coefficient (Wildman–Crippen LogP) is 3.58. The molecule has 1 fully saturated rings. The number of likely N-dealkylation sites (tertiary alicyclic amines) is 1. The van der Waals surface area contributed by atoms with E-state index < -0.39 is 0 Å². The summed E-state index contributed by atoms with van der Waals surface area (Å²) < 4.78 is 0. The summed E-state index contributed by atoms with van der Waals surface area (Å²) in [6.45, 7) is 14.5. The molecule has 1 spiro atoms. The quantitative estimate of drug-likeness (QED) is 0.827. The van der Waals surface area contributed by atoms with Crippen molar-refractivity contribution in [1.29, 1.82) is 0 Å². The third-order valence-corrected chi connectivity index (χ3v) is 6.65. The van der Waals surface area contributed by atoms with E-state index in [9.17, 15) is 0 Å². The second-order valence-corrected chi connectivity index (χ2v) is 9.66. The number of imidazole rings is 1. The molecule has 28 heavy (non-hydrogen) atoms. The molecule has 154 valence electrons. The van der Waals surface area contributed by atoms with E-state index in [0.717, 1.165) is 51.1 Å². The summed E-state index contributed by atoms with van der Waals surface area (Å²) in [6, 6.07) is 2.24. The Bertz CT molecular complexity index is 775. The van der Waals surface area contributed by atoms with Gasteiger partial charge < -0.3 is 4.98 Å². The molecule has 1 saturated heterocycles. The molecule has 0 amide bonds. The summed E-state index contributed by atoms with van der Waals surface area (Å²) in [5.41, 5.74) is 5.29. The summed E-state index contributed by atoms with van der Waals surface area (Å²) in [7, 11) is 0. The maximum atomic E-state index is 4.80. The molecular weight excluding hydrogens is 348 g/mol. The van der Waals surface area contributed by atoms with Gasteiger partial charge in [0.2, 0.25) is 0 Å². The maximum absolute atomic E-state index is 4.80. The first kappa shape index (κ1) is 19.6. The highest BCUT2D eigenvalue weighted by molar-refractivity contribution is 5.27. The zero-order valence-electron chi connectivity index (χ0n) is 18.0. The number of hydrogen-bond acceptors (Lipinski definition) is 4. The van der Waals surface area contributed by atoms with Crippen LogP contribution in [0.5, 0.6) is 0 Å². The Morgan fingerprint density at radius 3 is 2.64 bits per heavy atom. The molecular formula is C22H36N6. The number of hydrogen-bond donors (Lipinski definition) is 2. The van der Waals surface area contributed by atoms with Crippen LogP contribution in [0.2, 0.25) is 0 Å². The fourth-order valence-corrected chi connectivity index (χ4v) is 4.90. The fraction of sp³-hybridized carbons (Fsp3) is 0.727. The molecule has 0 aromatic carbocycles. The van der Waals surface area contributed by atoms with Crippen LogP contribution in [-0.2, 0) is 23.9 Å². The van der Waals surface area contributed by atoms with Gasteiger partial charge in [-0.1, -0.05) is 34.1 Å². The van der Waals surface area contributed by atoms with Crippen LogP contribution in [0.1, 0.15) is 76.2 Å². The van der Waals surface area contributed by atoms with E-state index in [1.807, 2.05) is 6.33 Å². The van der Waals surface area contributed by atoms with Crippen molar-refractivity contribution in [2.45, 2.75) is 77.3 Å². The van der Waals surface area contributed by atoms with Crippen molar-refractivity contribution in [2.24, 2.45) is 0 Å². The number of nitrogens with one attached hydrogen (secondary N) is 2. The molecule has 6 heteroatoms. The zero-order chi connectivity index (χ0) is 19.8. The molecule has 2 N–H and O–H groups in total. The van der Waals surface area contributed by atoms with E-state index in [2.05, 4.69) is 58.7 Å². The van der Waals surface area contributed by atoms with Crippen molar-refractivity contribution in [2.75, 3.05) is 26.2 Å². The average Bonchev–Trinajstić information content (AvgIpc) is 3.32. The second kappa shape index (κ2) is 7.64. The van der Waals surface area contributed by atoms with Gasteiger partial charge in [-0.15, -0.1) is 0 Å². The fourth-order valence-electron chi connectivity index (χ4n) is 4.90. The minimum atomic E-state index is 0.0962. The van der Waals surface area contributed by atoms with Crippen LogP contribution in [0.4, 0.5) is 0 Å². The SMILES string of the molecule is CCCCN1CCc2[nH]cnc2C12CCN(Cc1cc(C(C)(C)C)n[nH]1)CC2. The molecule has 6 nitrogen and oxygen atoms in total. The molecule has 2 aromatic heterocycles. The first-order valence-corrected chi connectivity index (χ1v) is 11.0. The zero-order valence-corrected chi connectivity index (χ0v) is 18.0. The number of unbranched alkanes of at least 4 members (excludes halogenated alkanes) is 1. The smallest absolute Gasteiger partial charge is 0.0926 e. The van der Waals surface area contributed by atoms with Gasteiger partial charge in [0.25, 0.3) is 0 Å². The Balaban J connectivity index is 1.46. The Hall–Kier alpha value is -1.66. The van der Waals surface area contributed by atoms with E-state index in [1.165, 1.54) is 36.5 Å². The Labute approximate surface area is 169 Å². The highest BCUT2D eigenvalue weighted by Gasteiger charge is 2.46. The van der Waals surface area contributed by atoms with Crippen LogP contribution in [-0.4, -0.2) is 56.1 Å². The lowest BCUT2D eigenvalue weighted by atomic mass is 9.78. The monoisotopic (exact) mass is 384 g/mol. The topological polar surface area (TPSA) is 63.8 Å². The molecule has 4 rings (SSSR count). The molecule has 0 aliphatic carbocycles. The van der Waals surface area contributed by atoms with E-state index in [1.54, 1.807) is 0 Å². The first-order valence-electron chi connectivity index (χ1n) is 11.0. The summed E-state index contributed by atoms with van der Waals surface area (Å²) >= 11 is 0. The molecule has 0 atom stereocenters. The van der Waals surface area contributed by atoms with Crippen molar-refractivity contribution in [1.82, 2.24) is 30.0 Å². The van der Waals surface area contributed by atoms with Crippen LogP contribution in [0.15, 0.2) is 12.4 Å². The summed E-state index contributed by atoms with van der Waals surface area (Å²) in [4.78, 5) is 13.5. The standard InChI is InChI=1S/C22H36N6/c1-5-6-10-28-11-7-18-20(24-16-23-18)22(28)8-12-27(13-9-22)15-17-14-19(26-25-17)21(2,3)4/h14,16H,5-13,15H2,1-4H3,(H,23,24)(H,25,26). The number of fused-ring (bicyclic) bond motifs is 2. The average molecular weight is 385 g/mol. The Morgan fingerprint density at radius 1 is 1.18 bits per heavy atom. The van der Waals surface area contributed by atoms with Gasteiger partial charge in [0.1, 0.15) is 0 Å². The number of aromatic amines is 2. The Kier molecular flexibility index (Phi) is 5.36. The number of piperidine rings is 1. The molecule has 2 aromatic rings. The third kappa shape index (κ3) is 3.64. The van der Waals surface area contributed by atoms with Gasteiger partial charge in [-0.05, 0) is 31.9 Å². The van der Waals surface area contributed by atoms with Crippen LogP contribution >= 0.6 is 0 Å². The maximum Gasteiger partial charge on any atom is 0.0926 e. The lowest BCUT2D eigenvalue weighted by molar-refractivity contribution is 0.00237. The second-order valence-electron chi connectivity index (χ2n) is 9.66. The van der Waals surface area contributed by atoms with Gasteiger partial charge in [0.15, 0.2) is 0 Å². The molecule has 2 aliphatic heterocycles. The molecule has 0 radical (unpaired) electrons. The van der Waals surface area contributed by atoms with E-state index in [4.69, 9.17) is 4.98 Å². The summed E-state index contributed by atoms with van der Waals surface area (Å²) in [6.07, 6.45) is 7.86. The molecule has 0 bridgehead atoms. The minimum absolute atomic E-state index is 0.0962. The number of aromatic nitrogens is 4. The van der Waals surface area contributed by atoms with Gasteiger partial charge in [-0.2, -0.15) is 5.10 Å². The van der Waals surface area contributed by atoms with Gasteiger partial charge in [0, 0.05) is 49.4 Å². The van der Waals surface area contributed by atoms with E-state index >= 15 is 0 Å². The molecule has 0 unspecified atom stereocenters. The highest BCUT2D eigenvalue weighted by Crippen LogP contribution is 2.42. The lowest BCUT2D eigenvalue weighted by Gasteiger charge is -2.50. The summed E-state index contributed by atoms with van der Waals surface area (Å²) in [5.74, 6) is 0. The molecule has 4 heterocycles. The van der Waals surface area contributed by atoms with E-state index in [-0.39, 0.29) is 11.0 Å². The molecule has 2 aliphatic rings. The van der Waals surface area contributed by atoms with Crippen molar-refractivity contribution in [3.05, 3.63) is 35.2 Å². The first-order chi connectivity index (χ1) is 13.4. The van der Waals surface area contributed by atoms with Crippen molar-refractivity contribution >= 4 is 0 Å². The molecule has 0 saturated carbocycles. The van der Waals surface area contributed by atoms with Crippen molar-refractivity contribution in [3.63, 3.8) is 0 Å². The van der Waals surface area contributed by atoms with Crippen LogP contribution < -0.4 is 0 Å². The van der Waals surface area contributed by atoms with Crippen LogP contribution in [0.25, 0.3) is 0 Å². The number of H-pyrrole nitrogens is 2. The third-order valence-electron chi connectivity index (χ3n) is 6.65. The normalized spacial score (nSPS) is 20.6. The largest absolute Gasteiger partial charge is 0.348 e. The van der Waals surface area contributed by atoms with Crippen molar-refractivity contribution in [3.8, 4) is 0 Å².